The third-order valence-corrected chi connectivity index (χ3v) is 0. The van der Waals surface area contributed by atoms with Gasteiger partial charge in [0.1, 0.15) is 0 Å². The summed E-state index contributed by atoms with van der Waals surface area (Å²) < 4.78 is 34.1. The Kier molecular flexibility index (Phi) is 261. The molecule has 0 spiro atoms. The zero-order chi connectivity index (χ0) is 4.50. The van der Waals surface area contributed by atoms with Crippen LogP contribution in [0, 0.1) is 0 Å². The van der Waals surface area contributed by atoms with E-state index in [4.69, 9.17) is 17.5 Å². The first-order valence-corrected chi connectivity index (χ1v) is 2.00. The van der Waals surface area contributed by atoms with Gasteiger partial charge in [-0.2, -0.15) is 0 Å². The van der Waals surface area contributed by atoms with Gasteiger partial charge in [-0.1, -0.05) is 0 Å². The molecule has 14 heavy (non-hydrogen) atoms. The molecule has 80 valence electrons. The van der Waals surface area contributed by atoms with Gasteiger partial charge < -0.3 is 42.0 Å². The van der Waals surface area contributed by atoms with Gasteiger partial charge in [0.05, 0.1) is 0 Å². The molecule has 0 unspecified atom stereocenters. The topological polar surface area (TPSA) is 269 Å². The molecule has 0 rings (SSSR count). The standard InChI is InChI=1S/2K.Mg.H2O4S.6H2O/c;;;1-5(2,3)4;;;;;;/h;;;(H2,1,2,3,4);6*1H2/q2*+1;+2;;;;;;;/p-2. The quantitative estimate of drug-likeness (QED) is 0.239. The Morgan fingerprint density at radius 3 is 0.643 bits per heavy atom. The van der Waals surface area contributed by atoms with E-state index in [9.17, 15) is 0 Å². The van der Waals surface area contributed by atoms with Crippen molar-refractivity contribution in [2.24, 2.45) is 0 Å². The Bertz CT molecular complexity index is 101. The van der Waals surface area contributed by atoms with Gasteiger partial charge in [-0.05, 0) is 0 Å². The van der Waals surface area contributed by atoms with Crippen molar-refractivity contribution in [3.8, 4) is 0 Å². The minimum Gasteiger partial charge on any atom is -0.759 e. The van der Waals surface area contributed by atoms with E-state index in [-0.39, 0.29) is 159 Å². The fourth-order valence-corrected chi connectivity index (χ4v) is 0. The molecule has 0 aliphatic heterocycles. The molecule has 0 amide bonds. The van der Waals surface area contributed by atoms with E-state index in [0.29, 0.717) is 0 Å². The van der Waals surface area contributed by atoms with Crippen molar-refractivity contribution in [1.29, 1.82) is 0 Å². The minimum absolute atomic E-state index is 0. The van der Waals surface area contributed by atoms with Gasteiger partial charge in [-0.3, -0.25) is 8.42 Å². The van der Waals surface area contributed by atoms with Crippen molar-refractivity contribution < 1.29 is 153 Å². The average Bonchev–Trinajstić information content (AvgIpc) is 0.722. The molecule has 0 bridgehead atoms. The Morgan fingerprint density at radius 1 is 0.643 bits per heavy atom. The van der Waals surface area contributed by atoms with E-state index in [1.54, 1.807) is 0 Å². The van der Waals surface area contributed by atoms with E-state index in [1.165, 1.54) is 0 Å². The predicted molar refractivity (Wildman–Crippen MR) is 37.9 cm³/mol. The van der Waals surface area contributed by atoms with E-state index in [1.807, 2.05) is 0 Å². The van der Waals surface area contributed by atoms with Crippen LogP contribution in [0.5, 0.6) is 0 Å². The smallest absolute Gasteiger partial charge is 0.759 e. The zero-order valence-corrected chi connectivity index (χ0v) is 16.2. The van der Waals surface area contributed by atoms with E-state index >= 15 is 0 Å². The van der Waals surface area contributed by atoms with Gasteiger partial charge in [0, 0.05) is 10.4 Å². The molecule has 0 heterocycles. The summed E-state index contributed by atoms with van der Waals surface area (Å²) in [5, 5.41) is 0. The third-order valence-electron chi connectivity index (χ3n) is 0. The first-order chi connectivity index (χ1) is 2.00. The Balaban J connectivity index is -0.00000000222. The summed E-state index contributed by atoms with van der Waals surface area (Å²) in [5.74, 6) is 0. The Labute approximate surface area is 182 Å². The molecule has 0 aromatic heterocycles. The molecule has 0 atom stereocenters. The summed E-state index contributed by atoms with van der Waals surface area (Å²) in [6.45, 7) is 0. The van der Waals surface area contributed by atoms with Crippen LogP contribution in [0.25, 0.3) is 0 Å². The molecule has 0 aromatic carbocycles. The fraction of sp³-hybridized carbons (Fsp3) is 0. The average molecular weight is 307 g/mol. The second-order valence-corrected chi connectivity index (χ2v) is 1.22. The largest absolute Gasteiger partial charge is 2.00 e. The van der Waals surface area contributed by atoms with Crippen LogP contribution in [-0.4, -0.2) is 73.4 Å². The van der Waals surface area contributed by atoms with Crippen LogP contribution in [0.4, 0.5) is 0 Å². The Hall–Kier alpha value is 3.67. The van der Waals surface area contributed by atoms with Crippen molar-refractivity contribution in [2.75, 3.05) is 0 Å². The summed E-state index contributed by atoms with van der Waals surface area (Å²) in [7, 11) is -5.17. The molecule has 0 saturated carbocycles. The molecular formula is H12K2MgO10S+2. The summed E-state index contributed by atoms with van der Waals surface area (Å²) in [5.41, 5.74) is 0. The van der Waals surface area contributed by atoms with Crippen LogP contribution in [-0.2, 0) is 10.4 Å². The van der Waals surface area contributed by atoms with Crippen LogP contribution in [0.3, 0.4) is 0 Å². The molecule has 0 aliphatic carbocycles. The molecule has 12 N–H and O–H groups in total. The molecule has 0 saturated heterocycles. The summed E-state index contributed by atoms with van der Waals surface area (Å²) in [4.78, 5) is 0. The van der Waals surface area contributed by atoms with Gasteiger partial charge in [0.15, 0.2) is 0 Å². The monoisotopic (exact) mass is 306 g/mol. The summed E-state index contributed by atoms with van der Waals surface area (Å²) in [6, 6.07) is 0. The van der Waals surface area contributed by atoms with E-state index in [2.05, 4.69) is 0 Å². The first kappa shape index (κ1) is 83.5. The SMILES string of the molecule is O.O.O.O.O.O.O=S(=O)([O-])[O-].[K+].[K+].[Mg+2]. The van der Waals surface area contributed by atoms with Crippen molar-refractivity contribution in [3.63, 3.8) is 0 Å². The number of hydrogen-bond acceptors (Lipinski definition) is 4. The summed E-state index contributed by atoms with van der Waals surface area (Å²) in [6.07, 6.45) is 0. The molecule has 0 aliphatic rings. The van der Waals surface area contributed by atoms with Gasteiger partial charge in [-0.15, -0.1) is 0 Å². The molecule has 14 heteroatoms. The maximum atomic E-state index is 8.52. The number of rotatable bonds is 0. The van der Waals surface area contributed by atoms with Gasteiger partial charge in [0.2, 0.25) is 0 Å². The molecule has 0 radical (unpaired) electrons. The van der Waals surface area contributed by atoms with E-state index in [0.717, 1.165) is 0 Å². The van der Waals surface area contributed by atoms with Gasteiger partial charge in [0.25, 0.3) is 0 Å². The maximum absolute atomic E-state index is 8.52. The summed E-state index contributed by atoms with van der Waals surface area (Å²) >= 11 is 0. The van der Waals surface area contributed by atoms with Crippen LogP contribution in [0.15, 0.2) is 0 Å². The van der Waals surface area contributed by atoms with Crippen molar-refractivity contribution in [1.82, 2.24) is 0 Å². The maximum Gasteiger partial charge on any atom is 2.00 e. The third kappa shape index (κ3) is 250. The fourth-order valence-electron chi connectivity index (χ4n) is 0. The second-order valence-electron chi connectivity index (χ2n) is 0.408. The first-order valence-electron chi connectivity index (χ1n) is 0.667. The van der Waals surface area contributed by atoms with Crippen LogP contribution < -0.4 is 103 Å². The van der Waals surface area contributed by atoms with Crippen LogP contribution in [0.1, 0.15) is 0 Å². The van der Waals surface area contributed by atoms with Gasteiger partial charge in [-0.25, -0.2) is 0 Å². The molecule has 0 aromatic rings. The second kappa shape index (κ2) is 43.8. The van der Waals surface area contributed by atoms with Crippen molar-refractivity contribution in [3.05, 3.63) is 0 Å². The molecular weight excluding hydrogens is 295 g/mol. The zero-order valence-electron chi connectivity index (χ0n) is 7.75. The normalized spacial score (nSPS) is 4.14. The van der Waals surface area contributed by atoms with Crippen molar-refractivity contribution in [2.45, 2.75) is 0 Å². The van der Waals surface area contributed by atoms with E-state index < -0.39 is 10.4 Å². The van der Waals surface area contributed by atoms with Crippen molar-refractivity contribution >= 4 is 33.5 Å². The molecule has 10 nitrogen and oxygen atoms in total. The van der Waals surface area contributed by atoms with Gasteiger partial charge >= 0.3 is 126 Å². The van der Waals surface area contributed by atoms with Crippen LogP contribution >= 0.6 is 0 Å². The predicted octanol–water partition coefficient (Wildman–Crippen LogP) is -12.7. The number of hydrogen-bond donors (Lipinski definition) is 0. The molecule has 0 fully saturated rings. The Morgan fingerprint density at radius 2 is 0.643 bits per heavy atom. The minimum atomic E-state index is -5.17. The van der Waals surface area contributed by atoms with Crippen LogP contribution in [0.2, 0.25) is 0 Å².